The van der Waals surface area contributed by atoms with E-state index in [4.69, 9.17) is 0 Å². The van der Waals surface area contributed by atoms with E-state index in [0.717, 1.165) is 0 Å². The van der Waals surface area contributed by atoms with Gasteiger partial charge in [-0.15, -0.1) is 0 Å². The molecule has 0 aliphatic rings. The molecule has 1 heterocycles. The third kappa shape index (κ3) is 1.60. The molecule has 0 N–H and O–H groups in total. The molecule has 0 amide bonds. The number of thiophene rings is 1. The van der Waals surface area contributed by atoms with Crippen LogP contribution in [0.3, 0.4) is 0 Å². The van der Waals surface area contributed by atoms with Crippen molar-refractivity contribution < 1.29 is 0 Å². The zero-order valence-corrected chi connectivity index (χ0v) is 7.62. The molecular formula is C4H2SSe2. The van der Waals surface area contributed by atoms with Crippen LogP contribution in [0.15, 0.2) is 12.1 Å². The van der Waals surface area contributed by atoms with Gasteiger partial charge in [0.15, 0.2) is 0 Å². The van der Waals surface area contributed by atoms with E-state index in [2.05, 4.69) is 44.2 Å². The van der Waals surface area contributed by atoms with Crippen molar-refractivity contribution >= 4 is 50.9 Å². The van der Waals surface area contributed by atoms with Crippen LogP contribution in [0, 0.1) is 0 Å². The summed E-state index contributed by atoms with van der Waals surface area (Å²) >= 11 is 7.57. The second-order valence-electron chi connectivity index (χ2n) is 1.07. The second-order valence-corrected chi connectivity index (χ2v) is 5.17. The van der Waals surface area contributed by atoms with Gasteiger partial charge in [-0.3, -0.25) is 0 Å². The molecule has 0 aliphatic carbocycles. The first kappa shape index (κ1) is 5.87. The topological polar surface area (TPSA) is 0 Å². The molecule has 0 aromatic carbocycles. The van der Waals surface area contributed by atoms with Crippen molar-refractivity contribution in [1.82, 2.24) is 0 Å². The Morgan fingerprint density at radius 1 is 1.14 bits per heavy atom. The Kier molecular flexibility index (Phi) is 1.96. The van der Waals surface area contributed by atoms with Crippen molar-refractivity contribution in [2.45, 2.75) is 0 Å². The van der Waals surface area contributed by atoms with Crippen LogP contribution >= 0.6 is 11.3 Å². The molecule has 1 aromatic heterocycles. The molecule has 0 saturated carbocycles. The Balaban J connectivity index is 3.04. The SMILES string of the molecule is [Se]c1ccc([Se])s1. The van der Waals surface area contributed by atoms with E-state index in [-0.39, 0.29) is 0 Å². The summed E-state index contributed by atoms with van der Waals surface area (Å²) in [5.41, 5.74) is 0. The van der Waals surface area contributed by atoms with Crippen molar-refractivity contribution in [2.24, 2.45) is 0 Å². The Hall–Kier alpha value is 0.739. The molecule has 0 spiro atoms. The number of hydrogen-bond donors (Lipinski definition) is 0. The molecule has 2 radical (unpaired) electrons. The van der Waals surface area contributed by atoms with Crippen LogP contribution in [-0.4, -0.2) is 32.0 Å². The molecule has 0 unspecified atom stereocenters. The molecule has 0 bridgehead atoms. The second kappa shape index (κ2) is 2.34. The van der Waals surface area contributed by atoms with Crippen LogP contribution < -0.4 is 7.55 Å². The first-order valence-corrected chi connectivity index (χ1v) is 4.26. The molecular weight excluding hydrogens is 238 g/mol. The van der Waals surface area contributed by atoms with Gasteiger partial charge in [-0.2, -0.15) is 0 Å². The summed E-state index contributed by atoms with van der Waals surface area (Å²) < 4.78 is 2.49. The van der Waals surface area contributed by atoms with E-state index < -0.39 is 0 Å². The Bertz CT molecular complexity index is 142. The van der Waals surface area contributed by atoms with Crippen molar-refractivity contribution in [3.63, 3.8) is 0 Å². The third-order valence-electron chi connectivity index (χ3n) is 0.557. The van der Waals surface area contributed by atoms with Crippen LogP contribution in [-0.2, 0) is 0 Å². The fourth-order valence-corrected chi connectivity index (χ4v) is 2.99. The van der Waals surface area contributed by atoms with Gasteiger partial charge in [0.1, 0.15) is 0 Å². The Morgan fingerprint density at radius 3 is 1.71 bits per heavy atom. The summed E-state index contributed by atoms with van der Waals surface area (Å²) in [5.74, 6) is 0. The van der Waals surface area contributed by atoms with E-state index in [1.165, 1.54) is 7.55 Å². The fourth-order valence-electron chi connectivity index (χ4n) is 0.303. The quantitative estimate of drug-likeness (QED) is 0.528. The van der Waals surface area contributed by atoms with Gasteiger partial charge in [0, 0.05) is 0 Å². The predicted molar refractivity (Wildman–Crippen MR) is 35.1 cm³/mol. The van der Waals surface area contributed by atoms with Crippen molar-refractivity contribution in [3.05, 3.63) is 12.1 Å². The standard InChI is InChI=1S/C4H2SSe2/c6-3-1-2-4(7)5-3/h1-2H. The number of hydrogen-bond acceptors (Lipinski definition) is 1. The van der Waals surface area contributed by atoms with Crippen molar-refractivity contribution in [1.29, 1.82) is 0 Å². The summed E-state index contributed by atoms with van der Waals surface area (Å²) in [6, 6.07) is 4.10. The van der Waals surface area contributed by atoms with Gasteiger partial charge in [0.2, 0.25) is 0 Å². The van der Waals surface area contributed by atoms with Gasteiger partial charge in [-0.25, -0.2) is 0 Å². The van der Waals surface area contributed by atoms with E-state index in [1.54, 1.807) is 11.3 Å². The van der Waals surface area contributed by atoms with Crippen LogP contribution in [0.5, 0.6) is 0 Å². The zero-order chi connectivity index (χ0) is 5.28. The van der Waals surface area contributed by atoms with Gasteiger partial charge in [0.25, 0.3) is 0 Å². The summed E-state index contributed by atoms with van der Waals surface area (Å²) in [5, 5.41) is 0. The fraction of sp³-hybridized carbons (Fsp3) is 0. The first-order valence-electron chi connectivity index (χ1n) is 1.73. The average Bonchev–Trinajstić information content (AvgIpc) is 1.87. The first-order chi connectivity index (χ1) is 3.29. The van der Waals surface area contributed by atoms with Gasteiger partial charge in [-0.05, 0) is 0 Å². The zero-order valence-electron chi connectivity index (χ0n) is 3.38. The van der Waals surface area contributed by atoms with E-state index in [0.29, 0.717) is 0 Å². The Labute approximate surface area is 62.9 Å². The molecule has 0 atom stereocenters. The molecule has 1 rings (SSSR count). The molecule has 3 heteroatoms. The average molecular weight is 240 g/mol. The van der Waals surface area contributed by atoms with E-state index in [1.807, 2.05) is 0 Å². The maximum atomic E-state index is 2.92. The van der Waals surface area contributed by atoms with Gasteiger partial charge < -0.3 is 0 Å². The molecule has 7 heavy (non-hydrogen) atoms. The maximum absolute atomic E-state index is 2.92. The Morgan fingerprint density at radius 2 is 1.57 bits per heavy atom. The molecule has 0 aliphatic heterocycles. The monoisotopic (exact) mass is 242 g/mol. The summed E-state index contributed by atoms with van der Waals surface area (Å²) in [7, 11) is 0. The molecule has 36 valence electrons. The summed E-state index contributed by atoms with van der Waals surface area (Å²) in [6.07, 6.45) is 0. The summed E-state index contributed by atoms with van der Waals surface area (Å²) in [6.45, 7) is 0. The predicted octanol–water partition coefficient (Wildman–Crippen LogP) is -0.664. The van der Waals surface area contributed by atoms with Gasteiger partial charge >= 0.3 is 63.0 Å². The van der Waals surface area contributed by atoms with Crippen molar-refractivity contribution in [2.75, 3.05) is 0 Å². The molecule has 1 aromatic rings. The van der Waals surface area contributed by atoms with Gasteiger partial charge in [-0.1, -0.05) is 0 Å². The van der Waals surface area contributed by atoms with Crippen molar-refractivity contribution in [3.8, 4) is 0 Å². The van der Waals surface area contributed by atoms with Crippen LogP contribution in [0.1, 0.15) is 0 Å². The van der Waals surface area contributed by atoms with Crippen LogP contribution in [0.2, 0.25) is 0 Å². The number of rotatable bonds is 0. The normalized spacial score (nSPS) is 9.14. The minimum atomic E-state index is 1.24. The molecule has 0 fully saturated rings. The van der Waals surface area contributed by atoms with Gasteiger partial charge in [0.05, 0.1) is 0 Å². The van der Waals surface area contributed by atoms with E-state index >= 15 is 0 Å². The minimum absolute atomic E-state index is 1.24. The molecule has 0 saturated heterocycles. The van der Waals surface area contributed by atoms with Crippen LogP contribution in [0.25, 0.3) is 0 Å². The summed E-state index contributed by atoms with van der Waals surface area (Å²) in [4.78, 5) is 0. The third-order valence-corrected chi connectivity index (χ3v) is 2.85. The van der Waals surface area contributed by atoms with Crippen LogP contribution in [0.4, 0.5) is 0 Å². The molecule has 0 nitrogen and oxygen atoms in total. The van der Waals surface area contributed by atoms with E-state index in [9.17, 15) is 0 Å².